The SMILES string of the molecule is CCc1oc(N)nc1-c1ccc(F)cc1F. The zero-order chi connectivity index (χ0) is 11.7. The van der Waals surface area contributed by atoms with Crippen LogP contribution in [0.25, 0.3) is 11.3 Å². The third-order valence-electron chi connectivity index (χ3n) is 2.22. The lowest BCUT2D eigenvalue weighted by Crippen LogP contribution is -1.90. The molecule has 0 radical (unpaired) electrons. The second-order valence-electron chi connectivity index (χ2n) is 3.30. The Labute approximate surface area is 90.9 Å². The highest BCUT2D eigenvalue weighted by atomic mass is 19.1. The van der Waals surface area contributed by atoms with E-state index in [0.29, 0.717) is 17.9 Å². The number of oxazole rings is 1. The number of aryl methyl sites for hydroxylation is 1. The van der Waals surface area contributed by atoms with E-state index < -0.39 is 11.6 Å². The molecule has 2 rings (SSSR count). The number of hydrogen-bond donors (Lipinski definition) is 1. The first-order valence-corrected chi connectivity index (χ1v) is 4.82. The van der Waals surface area contributed by atoms with Crippen molar-refractivity contribution in [2.24, 2.45) is 0 Å². The van der Waals surface area contributed by atoms with Gasteiger partial charge in [0.15, 0.2) is 0 Å². The maximum atomic E-state index is 13.5. The van der Waals surface area contributed by atoms with Gasteiger partial charge in [-0.3, -0.25) is 0 Å². The van der Waals surface area contributed by atoms with Gasteiger partial charge in [-0.2, -0.15) is 4.98 Å². The van der Waals surface area contributed by atoms with Crippen molar-refractivity contribution in [2.75, 3.05) is 5.73 Å². The smallest absolute Gasteiger partial charge is 0.292 e. The van der Waals surface area contributed by atoms with Gasteiger partial charge in [0.05, 0.1) is 0 Å². The molecule has 1 aromatic carbocycles. The molecule has 5 heteroatoms. The minimum absolute atomic E-state index is 0.0180. The number of aromatic nitrogens is 1. The first-order valence-electron chi connectivity index (χ1n) is 4.82. The Bertz CT molecular complexity index is 523. The minimum Gasteiger partial charge on any atom is -0.428 e. The minimum atomic E-state index is -0.678. The summed E-state index contributed by atoms with van der Waals surface area (Å²) in [7, 11) is 0. The van der Waals surface area contributed by atoms with Crippen LogP contribution in [0.1, 0.15) is 12.7 Å². The molecule has 0 saturated heterocycles. The summed E-state index contributed by atoms with van der Waals surface area (Å²) in [5, 5.41) is 0. The van der Waals surface area contributed by atoms with Gasteiger partial charge in [0.2, 0.25) is 0 Å². The lowest BCUT2D eigenvalue weighted by Gasteiger charge is -2.00. The van der Waals surface area contributed by atoms with E-state index in [4.69, 9.17) is 10.2 Å². The fraction of sp³-hybridized carbons (Fsp3) is 0.182. The summed E-state index contributed by atoms with van der Waals surface area (Å²) in [6, 6.07) is 3.28. The highest BCUT2D eigenvalue weighted by Gasteiger charge is 2.15. The van der Waals surface area contributed by atoms with Gasteiger partial charge in [-0.25, -0.2) is 8.78 Å². The van der Waals surface area contributed by atoms with E-state index in [1.807, 2.05) is 6.92 Å². The molecule has 16 heavy (non-hydrogen) atoms. The molecule has 3 nitrogen and oxygen atoms in total. The number of nitrogen functional groups attached to an aromatic ring is 1. The average molecular weight is 224 g/mol. The van der Waals surface area contributed by atoms with Gasteiger partial charge in [-0.1, -0.05) is 6.92 Å². The monoisotopic (exact) mass is 224 g/mol. The zero-order valence-corrected chi connectivity index (χ0v) is 8.63. The molecule has 2 N–H and O–H groups in total. The van der Waals surface area contributed by atoms with E-state index in [9.17, 15) is 8.78 Å². The molecule has 0 aliphatic rings. The Hall–Kier alpha value is -1.91. The second-order valence-corrected chi connectivity index (χ2v) is 3.30. The normalized spacial score (nSPS) is 10.7. The lowest BCUT2D eigenvalue weighted by molar-refractivity contribution is 0.530. The summed E-state index contributed by atoms with van der Waals surface area (Å²) in [5.74, 6) is -0.818. The van der Waals surface area contributed by atoms with Crippen molar-refractivity contribution in [1.82, 2.24) is 4.98 Å². The van der Waals surface area contributed by atoms with Crippen molar-refractivity contribution >= 4 is 6.01 Å². The molecular formula is C11H10F2N2O. The maximum absolute atomic E-state index is 13.5. The predicted molar refractivity (Wildman–Crippen MR) is 55.6 cm³/mol. The van der Waals surface area contributed by atoms with Gasteiger partial charge in [0.25, 0.3) is 6.01 Å². The largest absolute Gasteiger partial charge is 0.428 e. The van der Waals surface area contributed by atoms with Gasteiger partial charge in [-0.15, -0.1) is 0 Å². The molecular weight excluding hydrogens is 214 g/mol. The third kappa shape index (κ3) is 1.76. The second kappa shape index (κ2) is 3.92. The Kier molecular flexibility index (Phi) is 2.60. The topological polar surface area (TPSA) is 52.0 Å². The van der Waals surface area contributed by atoms with E-state index >= 15 is 0 Å². The first kappa shape index (κ1) is 10.6. The molecule has 0 saturated carbocycles. The molecule has 1 heterocycles. The van der Waals surface area contributed by atoms with Gasteiger partial charge >= 0.3 is 0 Å². The van der Waals surface area contributed by atoms with Crippen LogP contribution in [-0.2, 0) is 6.42 Å². The number of halogens is 2. The molecule has 0 atom stereocenters. The van der Waals surface area contributed by atoms with E-state index in [2.05, 4.69) is 4.98 Å². The summed E-state index contributed by atoms with van der Waals surface area (Å²) in [4.78, 5) is 3.89. The van der Waals surface area contributed by atoms with Crippen molar-refractivity contribution in [3.63, 3.8) is 0 Å². The van der Waals surface area contributed by atoms with E-state index in [-0.39, 0.29) is 11.6 Å². The Morgan fingerprint density at radius 2 is 2.12 bits per heavy atom. The summed E-state index contributed by atoms with van der Waals surface area (Å²) in [5.41, 5.74) is 5.92. The third-order valence-corrected chi connectivity index (χ3v) is 2.22. The van der Waals surface area contributed by atoms with Crippen LogP contribution in [-0.4, -0.2) is 4.98 Å². The van der Waals surface area contributed by atoms with Crippen molar-refractivity contribution in [3.05, 3.63) is 35.6 Å². The van der Waals surface area contributed by atoms with Crippen LogP contribution < -0.4 is 5.73 Å². The first-order chi connectivity index (χ1) is 7.61. The quantitative estimate of drug-likeness (QED) is 0.853. The molecule has 0 aliphatic heterocycles. The van der Waals surface area contributed by atoms with E-state index in [1.165, 1.54) is 12.1 Å². The molecule has 0 aliphatic carbocycles. The van der Waals surface area contributed by atoms with Crippen molar-refractivity contribution < 1.29 is 13.2 Å². The highest BCUT2D eigenvalue weighted by Crippen LogP contribution is 2.28. The summed E-state index contributed by atoms with van der Waals surface area (Å²) >= 11 is 0. The van der Waals surface area contributed by atoms with Crippen molar-refractivity contribution in [2.45, 2.75) is 13.3 Å². The predicted octanol–water partition coefficient (Wildman–Crippen LogP) is 2.76. The number of rotatable bonds is 2. The van der Waals surface area contributed by atoms with Crippen LogP contribution in [0.4, 0.5) is 14.8 Å². The molecule has 0 bridgehead atoms. The average Bonchev–Trinajstić information content (AvgIpc) is 2.59. The number of benzene rings is 1. The van der Waals surface area contributed by atoms with Crippen LogP contribution >= 0.6 is 0 Å². The zero-order valence-electron chi connectivity index (χ0n) is 8.63. The molecule has 2 aromatic rings. The van der Waals surface area contributed by atoms with E-state index in [1.54, 1.807) is 0 Å². The molecule has 1 aromatic heterocycles. The molecule has 0 amide bonds. The van der Waals surface area contributed by atoms with Crippen LogP contribution in [0.2, 0.25) is 0 Å². The van der Waals surface area contributed by atoms with Crippen LogP contribution in [0.15, 0.2) is 22.6 Å². The fourth-order valence-corrected chi connectivity index (χ4v) is 1.50. The number of anilines is 1. The van der Waals surface area contributed by atoms with Crippen LogP contribution in [0.3, 0.4) is 0 Å². The van der Waals surface area contributed by atoms with Gasteiger partial charge in [0.1, 0.15) is 23.1 Å². The Morgan fingerprint density at radius 3 is 2.75 bits per heavy atom. The van der Waals surface area contributed by atoms with Crippen molar-refractivity contribution in [1.29, 1.82) is 0 Å². The number of hydrogen-bond acceptors (Lipinski definition) is 3. The summed E-state index contributed by atoms with van der Waals surface area (Å²) in [6.45, 7) is 1.84. The Morgan fingerprint density at radius 1 is 1.38 bits per heavy atom. The van der Waals surface area contributed by atoms with E-state index in [0.717, 1.165) is 6.07 Å². The fourth-order valence-electron chi connectivity index (χ4n) is 1.50. The van der Waals surface area contributed by atoms with Gasteiger partial charge in [-0.05, 0) is 12.1 Å². The molecule has 0 unspecified atom stereocenters. The van der Waals surface area contributed by atoms with Crippen molar-refractivity contribution in [3.8, 4) is 11.3 Å². The maximum Gasteiger partial charge on any atom is 0.292 e. The number of nitrogens with two attached hydrogens (primary N) is 1. The standard InChI is InChI=1S/C11H10F2N2O/c1-2-9-10(15-11(14)16-9)7-4-3-6(12)5-8(7)13/h3-5H,2H2,1H3,(H2,14,15). The number of nitrogens with zero attached hydrogens (tertiary/aromatic N) is 1. The van der Waals surface area contributed by atoms with Crippen LogP contribution in [0, 0.1) is 11.6 Å². The highest BCUT2D eigenvalue weighted by molar-refractivity contribution is 5.63. The molecule has 84 valence electrons. The van der Waals surface area contributed by atoms with Gasteiger partial charge < -0.3 is 10.2 Å². The molecule has 0 spiro atoms. The van der Waals surface area contributed by atoms with Gasteiger partial charge in [0, 0.05) is 18.1 Å². The van der Waals surface area contributed by atoms with Crippen LogP contribution in [0.5, 0.6) is 0 Å². The Balaban J connectivity index is 2.57. The summed E-state index contributed by atoms with van der Waals surface area (Å²) < 4.78 is 31.4. The molecule has 0 fully saturated rings. The summed E-state index contributed by atoms with van der Waals surface area (Å²) in [6.07, 6.45) is 0.538. The lowest BCUT2D eigenvalue weighted by atomic mass is 10.1.